The third-order valence-electron chi connectivity index (χ3n) is 6.45. The smallest absolute Gasteiger partial charge is 0.253 e. The molecule has 0 saturated carbocycles. The van der Waals surface area contributed by atoms with Gasteiger partial charge in [0.2, 0.25) is 5.89 Å². The Morgan fingerprint density at radius 3 is 2.56 bits per heavy atom. The molecule has 2 fully saturated rings. The first-order valence-electron chi connectivity index (χ1n) is 9.74. The highest BCUT2D eigenvalue weighted by Gasteiger charge is 2.46. The topological polar surface area (TPSA) is 62.5 Å². The molecule has 0 N–H and O–H groups in total. The molecule has 3 heterocycles. The minimum Gasteiger partial charge on any atom is -0.340 e. The molecule has 1 amide bonds. The number of aryl methyl sites for hydroxylation is 3. The van der Waals surface area contributed by atoms with Crippen LogP contribution in [0.4, 0.5) is 0 Å². The molecule has 0 aliphatic carbocycles. The lowest BCUT2D eigenvalue weighted by atomic mass is 9.76. The van der Waals surface area contributed by atoms with Gasteiger partial charge in [0.15, 0.2) is 5.82 Å². The summed E-state index contributed by atoms with van der Waals surface area (Å²) in [5.74, 6) is 1.57. The highest BCUT2D eigenvalue weighted by Crippen LogP contribution is 2.47. The maximum Gasteiger partial charge on any atom is 0.253 e. The van der Waals surface area contributed by atoms with Crippen molar-refractivity contribution in [1.82, 2.24) is 19.9 Å². The van der Waals surface area contributed by atoms with Crippen LogP contribution in [0.3, 0.4) is 0 Å². The number of carbonyl (C=O) groups excluding carboxylic acids is 1. The second-order valence-corrected chi connectivity index (χ2v) is 8.40. The van der Waals surface area contributed by atoms with Gasteiger partial charge in [-0.3, -0.25) is 9.69 Å². The Hall–Kier alpha value is -2.21. The minimum absolute atomic E-state index is 0.157. The van der Waals surface area contributed by atoms with Crippen LogP contribution in [0.2, 0.25) is 0 Å². The predicted molar refractivity (Wildman–Crippen MR) is 103 cm³/mol. The Morgan fingerprint density at radius 1 is 1.19 bits per heavy atom. The molecule has 27 heavy (non-hydrogen) atoms. The van der Waals surface area contributed by atoms with Crippen LogP contribution in [-0.2, 0) is 0 Å². The average molecular weight is 368 g/mol. The quantitative estimate of drug-likeness (QED) is 0.814. The molecule has 4 rings (SSSR count). The molecule has 6 nitrogen and oxygen atoms in total. The van der Waals surface area contributed by atoms with Crippen molar-refractivity contribution < 1.29 is 9.32 Å². The number of likely N-dealkylation sites (tertiary alicyclic amines) is 2. The van der Waals surface area contributed by atoms with Crippen LogP contribution < -0.4 is 0 Å². The number of rotatable bonds is 2. The number of hydrogen-bond donors (Lipinski definition) is 0. The highest BCUT2D eigenvalue weighted by molar-refractivity contribution is 5.94. The summed E-state index contributed by atoms with van der Waals surface area (Å²) in [6.07, 6.45) is 3.09. The lowest BCUT2D eigenvalue weighted by molar-refractivity contribution is 0.0593. The van der Waals surface area contributed by atoms with Gasteiger partial charge in [0.25, 0.3) is 5.91 Å². The van der Waals surface area contributed by atoms with Crippen molar-refractivity contribution in [2.24, 2.45) is 5.41 Å². The number of amides is 1. The van der Waals surface area contributed by atoms with E-state index in [9.17, 15) is 4.79 Å². The summed E-state index contributed by atoms with van der Waals surface area (Å²) in [6.45, 7) is 8.63. The van der Waals surface area contributed by atoms with E-state index in [0.29, 0.717) is 5.89 Å². The van der Waals surface area contributed by atoms with Gasteiger partial charge < -0.3 is 9.42 Å². The normalized spacial score (nSPS) is 22.5. The number of nitrogens with zero attached hydrogens (tertiary/aromatic N) is 4. The fraction of sp³-hybridized carbons (Fsp3) is 0.571. The Bertz CT molecular complexity index is 852. The number of carbonyl (C=O) groups is 1. The van der Waals surface area contributed by atoms with E-state index >= 15 is 0 Å². The van der Waals surface area contributed by atoms with E-state index in [0.717, 1.165) is 50.3 Å². The summed E-state index contributed by atoms with van der Waals surface area (Å²) < 4.78 is 5.18. The van der Waals surface area contributed by atoms with Gasteiger partial charge >= 0.3 is 0 Å². The third kappa shape index (κ3) is 3.38. The summed E-state index contributed by atoms with van der Waals surface area (Å²) in [6, 6.07) is 6.22. The maximum atomic E-state index is 12.9. The van der Waals surface area contributed by atoms with Crippen molar-refractivity contribution in [3.05, 3.63) is 46.6 Å². The Labute approximate surface area is 160 Å². The van der Waals surface area contributed by atoms with E-state index in [-0.39, 0.29) is 17.4 Å². The van der Waals surface area contributed by atoms with Crippen LogP contribution in [0, 0.1) is 26.2 Å². The molecular weight excluding hydrogens is 340 g/mol. The van der Waals surface area contributed by atoms with Crippen LogP contribution in [-0.4, -0.2) is 52.5 Å². The van der Waals surface area contributed by atoms with Gasteiger partial charge in [-0.05, 0) is 68.8 Å². The highest BCUT2D eigenvalue weighted by atomic mass is 16.5. The SMILES string of the molecule is Cc1nc(C2CC3(CCN(C(=O)c4ccc(C)c(C)c4)CC3)CN2C)no1. The van der Waals surface area contributed by atoms with Crippen molar-refractivity contribution in [3.63, 3.8) is 0 Å². The van der Waals surface area contributed by atoms with Gasteiger partial charge in [-0.25, -0.2) is 0 Å². The monoisotopic (exact) mass is 368 g/mol. The summed E-state index contributed by atoms with van der Waals surface area (Å²) in [5.41, 5.74) is 3.44. The van der Waals surface area contributed by atoms with E-state index in [1.54, 1.807) is 0 Å². The van der Waals surface area contributed by atoms with E-state index < -0.39 is 0 Å². The molecule has 1 unspecified atom stereocenters. The van der Waals surface area contributed by atoms with Crippen molar-refractivity contribution in [1.29, 1.82) is 0 Å². The van der Waals surface area contributed by atoms with Crippen LogP contribution in [0.15, 0.2) is 22.7 Å². The van der Waals surface area contributed by atoms with Crippen LogP contribution >= 0.6 is 0 Å². The van der Waals surface area contributed by atoms with Gasteiger partial charge in [-0.15, -0.1) is 0 Å². The zero-order chi connectivity index (χ0) is 19.2. The second-order valence-electron chi connectivity index (χ2n) is 8.40. The molecule has 1 aromatic heterocycles. The van der Waals surface area contributed by atoms with Crippen molar-refractivity contribution in [2.75, 3.05) is 26.7 Å². The average Bonchev–Trinajstić information content (AvgIpc) is 3.21. The van der Waals surface area contributed by atoms with Gasteiger partial charge in [0.05, 0.1) is 6.04 Å². The summed E-state index contributed by atoms with van der Waals surface area (Å²) >= 11 is 0. The van der Waals surface area contributed by atoms with Crippen LogP contribution in [0.1, 0.15) is 58.5 Å². The lowest BCUT2D eigenvalue weighted by Crippen LogP contribution is -2.44. The molecule has 0 bridgehead atoms. The molecule has 1 atom stereocenters. The summed E-state index contributed by atoms with van der Waals surface area (Å²) in [5, 5.41) is 4.13. The Kier molecular flexibility index (Phi) is 4.54. The lowest BCUT2D eigenvalue weighted by Gasteiger charge is -2.39. The Morgan fingerprint density at radius 2 is 1.93 bits per heavy atom. The first-order valence-corrected chi connectivity index (χ1v) is 9.74. The molecule has 2 aliphatic rings. The number of piperidine rings is 1. The third-order valence-corrected chi connectivity index (χ3v) is 6.45. The molecule has 1 spiro atoms. The molecule has 6 heteroatoms. The first kappa shape index (κ1) is 18.2. The van der Waals surface area contributed by atoms with Gasteiger partial charge in [-0.1, -0.05) is 11.2 Å². The molecular formula is C21H28N4O2. The second kappa shape index (κ2) is 6.75. The fourth-order valence-electron chi connectivity index (χ4n) is 4.61. The van der Waals surface area contributed by atoms with E-state index in [4.69, 9.17) is 4.52 Å². The van der Waals surface area contributed by atoms with E-state index in [1.807, 2.05) is 30.0 Å². The largest absolute Gasteiger partial charge is 0.340 e. The molecule has 2 saturated heterocycles. The first-order chi connectivity index (χ1) is 12.9. The van der Waals surface area contributed by atoms with Crippen molar-refractivity contribution in [2.45, 2.75) is 46.1 Å². The standard InChI is InChI=1S/C21H28N4O2/c1-14-5-6-17(11-15(14)2)20(26)25-9-7-21(8-10-25)12-18(24(4)13-21)19-22-16(3)27-23-19/h5-6,11,18H,7-10,12-13H2,1-4H3. The van der Waals surface area contributed by atoms with Gasteiger partial charge in [-0.2, -0.15) is 4.98 Å². The predicted octanol–water partition coefficient (Wildman–Crippen LogP) is 3.29. The molecule has 1 aromatic carbocycles. The maximum absolute atomic E-state index is 12.9. The van der Waals surface area contributed by atoms with Gasteiger partial charge in [0.1, 0.15) is 0 Å². The van der Waals surface area contributed by atoms with Crippen LogP contribution in [0.25, 0.3) is 0 Å². The molecule has 2 aromatic rings. The van der Waals surface area contributed by atoms with Crippen molar-refractivity contribution >= 4 is 5.91 Å². The number of aromatic nitrogens is 2. The summed E-state index contributed by atoms with van der Waals surface area (Å²) in [4.78, 5) is 21.7. The number of benzene rings is 1. The Balaban J connectivity index is 1.42. The molecule has 144 valence electrons. The molecule has 0 radical (unpaired) electrons. The number of hydrogen-bond acceptors (Lipinski definition) is 5. The molecule has 2 aliphatic heterocycles. The fourth-order valence-corrected chi connectivity index (χ4v) is 4.61. The van der Waals surface area contributed by atoms with Crippen LogP contribution in [0.5, 0.6) is 0 Å². The zero-order valence-electron chi connectivity index (χ0n) is 16.7. The van der Waals surface area contributed by atoms with Gasteiger partial charge in [0, 0.05) is 32.1 Å². The minimum atomic E-state index is 0.157. The zero-order valence-corrected chi connectivity index (χ0v) is 16.7. The van der Waals surface area contributed by atoms with E-state index in [1.165, 1.54) is 11.1 Å². The summed E-state index contributed by atoms with van der Waals surface area (Å²) in [7, 11) is 2.14. The van der Waals surface area contributed by atoms with E-state index in [2.05, 4.69) is 35.9 Å². The van der Waals surface area contributed by atoms with Crippen molar-refractivity contribution in [3.8, 4) is 0 Å².